The second kappa shape index (κ2) is 71.2. The number of carbonyl (C=O) groups excluding carboxylic acids is 2. The summed E-state index contributed by atoms with van der Waals surface area (Å²) in [5.41, 5.74) is 0. The molecule has 0 aliphatic carbocycles. The van der Waals surface area contributed by atoms with Crippen LogP contribution in [0.2, 0.25) is 0 Å². The van der Waals surface area contributed by atoms with Gasteiger partial charge in [0.05, 0.1) is 27.7 Å². The Bertz CT molecular complexity index is 2070. The highest BCUT2D eigenvalue weighted by Gasteiger charge is 2.27. The molecule has 526 valence electrons. The van der Waals surface area contributed by atoms with Gasteiger partial charge in [-0.2, -0.15) is 0 Å². The highest BCUT2D eigenvalue weighted by atomic mass is 31.2. The number of nitrogens with zero attached hydrogens (tertiary/aromatic N) is 1. The number of hydrogen-bond acceptors (Lipinski definition) is 7. The smallest absolute Gasteiger partial charge is 0.462 e. The highest BCUT2D eigenvalue weighted by Crippen LogP contribution is 2.43. The zero-order valence-corrected chi connectivity index (χ0v) is 60.9. The van der Waals surface area contributed by atoms with Crippen molar-refractivity contribution < 1.29 is 42.1 Å². The zero-order chi connectivity index (χ0) is 66.9. The Labute approximate surface area is 567 Å². The predicted octanol–water partition coefficient (Wildman–Crippen LogP) is 24.9. The van der Waals surface area contributed by atoms with Gasteiger partial charge in [-0.3, -0.25) is 18.6 Å². The Morgan fingerprint density at radius 3 is 0.924 bits per heavy atom. The summed E-state index contributed by atoms with van der Waals surface area (Å²) in [7, 11) is 1.47. The topological polar surface area (TPSA) is 108 Å². The third kappa shape index (κ3) is 74.9. The average Bonchev–Trinajstić information content (AvgIpc) is 2.23. The first-order valence-corrected chi connectivity index (χ1v) is 39.1. The van der Waals surface area contributed by atoms with E-state index >= 15 is 0 Å². The van der Waals surface area contributed by atoms with E-state index in [0.29, 0.717) is 17.4 Å². The van der Waals surface area contributed by atoms with Crippen LogP contribution in [0.15, 0.2) is 146 Å². The second-order valence-electron chi connectivity index (χ2n) is 25.9. The third-order valence-corrected chi connectivity index (χ3v) is 16.8. The average molecular weight is 1300 g/mol. The van der Waals surface area contributed by atoms with Crippen LogP contribution in [0.5, 0.6) is 0 Å². The predicted molar refractivity (Wildman–Crippen MR) is 399 cm³/mol. The summed E-state index contributed by atoms with van der Waals surface area (Å²) in [4.78, 5) is 35.9. The molecule has 0 amide bonds. The summed E-state index contributed by atoms with van der Waals surface area (Å²) in [5, 5.41) is 0. The summed E-state index contributed by atoms with van der Waals surface area (Å²) < 4.78 is 34.8. The Kier molecular flexibility index (Phi) is 68.0. The van der Waals surface area contributed by atoms with E-state index in [1.807, 2.05) is 21.1 Å². The Morgan fingerprint density at radius 1 is 0.348 bits per heavy atom. The van der Waals surface area contributed by atoms with Crippen molar-refractivity contribution in [3.8, 4) is 0 Å². The maximum atomic E-state index is 12.9. The van der Waals surface area contributed by atoms with Crippen molar-refractivity contribution in [2.45, 2.75) is 315 Å². The molecule has 0 rings (SSSR count). The molecule has 0 aromatic rings. The molecule has 0 aromatic carbocycles. The second-order valence-corrected chi connectivity index (χ2v) is 27.4. The van der Waals surface area contributed by atoms with Gasteiger partial charge in [-0.05, 0) is 122 Å². The maximum absolute atomic E-state index is 12.9. The van der Waals surface area contributed by atoms with Gasteiger partial charge in [0.25, 0.3) is 0 Å². The molecule has 1 N–H and O–H groups in total. The molecule has 0 radical (unpaired) electrons. The molecular formula is C82H141NO8P+. The first kappa shape index (κ1) is 87.9. The standard InChI is InChI=1S/C82H140NO8P/c1-6-8-10-12-14-16-18-20-22-24-26-28-30-32-34-35-36-37-38-39-40-41-42-43-44-45-46-47-49-51-53-55-57-59-61-63-65-67-69-71-73-75-82(85)91-80(79-90-92(86,87)89-77-76-83(3,4)5)78-88-81(84)74-72-70-68-66-64-62-60-58-56-54-52-50-48-33-31-29-27-25-23-21-19-17-15-13-11-9-7-2/h8,10,14,16,19-22,25-28,31-34,36-37,39-40,42-43,45-46,80H,6-7,9,11-13,15,17-18,23-24,29-30,35,38,41,44,47-79H2,1-5H3/p+1/b10-8-,16-14-,21-19-,22-20-,27-25-,28-26-,33-31-,34-32-,37-36-,40-39-,43-42-,46-45-. The van der Waals surface area contributed by atoms with Gasteiger partial charge >= 0.3 is 19.8 Å². The molecule has 9 nitrogen and oxygen atoms in total. The normalized spacial score (nSPS) is 13.9. The lowest BCUT2D eigenvalue weighted by molar-refractivity contribution is -0.870. The van der Waals surface area contributed by atoms with Crippen LogP contribution in [0.1, 0.15) is 309 Å². The lowest BCUT2D eigenvalue weighted by Gasteiger charge is -2.24. The summed E-state index contributed by atoms with van der Waals surface area (Å²) in [6, 6.07) is 0. The minimum Gasteiger partial charge on any atom is -0.462 e. The molecule has 0 saturated heterocycles. The number of quaternary nitrogens is 1. The van der Waals surface area contributed by atoms with E-state index in [4.69, 9.17) is 18.5 Å². The van der Waals surface area contributed by atoms with Crippen LogP contribution in [-0.2, 0) is 32.7 Å². The van der Waals surface area contributed by atoms with E-state index in [2.05, 4.69) is 160 Å². The fourth-order valence-corrected chi connectivity index (χ4v) is 10.9. The van der Waals surface area contributed by atoms with E-state index in [1.165, 1.54) is 167 Å². The number of unbranched alkanes of at least 4 members (excludes halogenated alkanes) is 30. The SMILES string of the molecule is CC/C=C\C/C=C\C/C=C\C/C=C\C/C=C\C/C=C\C/C=C\C/C=C\C/C=C\CCCCCCCCCCCCCCCC(=O)OC(COC(=O)CCCCCCCCCCCCCC/C=C\C/C=C\C/C=C\CCCCCCC)COP(=O)(O)OCC[N+](C)(C)C. The molecule has 0 saturated carbocycles. The monoisotopic (exact) mass is 1300 g/mol. The Balaban J connectivity index is 4.05. The summed E-state index contributed by atoms with van der Waals surface area (Å²) in [5.74, 6) is -0.799. The van der Waals surface area contributed by atoms with Crippen LogP contribution in [0.4, 0.5) is 0 Å². The summed E-state index contributed by atoms with van der Waals surface area (Å²) in [6.45, 7) is 4.32. The number of hydrogen-bond donors (Lipinski definition) is 1. The van der Waals surface area contributed by atoms with Crippen molar-refractivity contribution in [2.24, 2.45) is 0 Å². The molecule has 0 fully saturated rings. The van der Waals surface area contributed by atoms with Gasteiger partial charge in [0, 0.05) is 12.8 Å². The largest absolute Gasteiger partial charge is 0.472 e. The van der Waals surface area contributed by atoms with Gasteiger partial charge in [0.2, 0.25) is 0 Å². The molecule has 2 unspecified atom stereocenters. The number of esters is 2. The fourth-order valence-electron chi connectivity index (χ4n) is 10.1. The quantitative estimate of drug-likeness (QED) is 0.0211. The minimum atomic E-state index is -4.40. The summed E-state index contributed by atoms with van der Waals surface area (Å²) in [6.07, 6.45) is 105. The van der Waals surface area contributed by atoms with Crippen molar-refractivity contribution in [3.05, 3.63) is 146 Å². The number of likely N-dealkylation sites (N-methyl/N-ethyl adjacent to an activating group) is 1. The number of phosphoric ester groups is 1. The van der Waals surface area contributed by atoms with Gasteiger partial charge in [-0.1, -0.05) is 320 Å². The molecule has 0 heterocycles. The molecule has 2 atom stereocenters. The van der Waals surface area contributed by atoms with Gasteiger partial charge < -0.3 is 18.9 Å². The first-order chi connectivity index (χ1) is 45.0. The molecular weight excluding hydrogens is 1160 g/mol. The van der Waals surface area contributed by atoms with E-state index < -0.39 is 26.5 Å². The van der Waals surface area contributed by atoms with Gasteiger partial charge in [0.15, 0.2) is 6.10 Å². The van der Waals surface area contributed by atoms with Crippen LogP contribution >= 0.6 is 7.82 Å². The number of allylic oxidation sites excluding steroid dienone is 24. The molecule has 92 heavy (non-hydrogen) atoms. The first-order valence-electron chi connectivity index (χ1n) is 37.6. The van der Waals surface area contributed by atoms with Crippen LogP contribution in [-0.4, -0.2) is 74.9 Å². The van der Waals surface area contributed by atoms with E-state index in [1.54, 1.807) is 0 Å². The van der Waals surface area contributed by atoms with E-state index in [9.17, 15) is 19.0 Å². The summed E-state index contributed by atoms with van der Waals surface area (Å²) >= 11 is 0. The Morgan fingerprint density at radius 2 is 0.620 bits per heavy atom. The Hall–Kier alpha value is -4.11. The molecule has 0 aliphatic heterocycles. The maximum Gasteiger partial charge on any atom is 0.472 e. The van der Waals surface area contributed by atoms with Crippen molar-refractivity contribution >= 4 is 19.8 Å². The number of phosphoric acid groups is 1. The lowest BCUT2D eigenvalue weighted by Crippen LogP contribution is -2.37. The number of rotatable bonds is 68. The number of ether oxygens (including phenoxy) is 2. The van der Waals surface area contributed by atoms with Crippen molar-refractivity contribution in [1.29, 1.82) is 0 Å². The van der Waals surface area contributed by atoms with Crippen LogP contribution in [0, 0.1) is 0 Å². The molecule has 0 aromatic heterocycles. The minimum absolute atomic E-state index is 0.0260. The van der Waals surface area contributed by atoms with E-state index in [-0.39, 0.29) is 32.0 Å². The van der Waals surface area contributed by atoms with Gasteiger partial charge in [-0.25, -0.2) is 4.57 Å². The van der Waals surface area contributed by atoms with Gasteiger partial charge in [0.1, 0.15) is 19.8 Å². The van der Waals surface area contributed by atoms with Crippen molar-refractivity contribution in [1.82, 2.24) is 0 Å². The highest BCUT2D eigenvalue weighted by molar-refractivity contribution is 7.47. The molecule has 10 heteroatoms. The van der Waals surface area contributed by atoms with Crippen molar-refractivity contribution in [3.63, 3.8) is 0 Å². The third-order valence-electron chi connectivity index (χ3n) is 15.9. The molecule has 0 bridgehead atoms. The van der Waals surface area contributed by atoms with Crippen LogP contribution in [0.25, 0.3) is 0 Å². The lowest BCUT2D eigenvalue weighted by atomic mass is 10.0. The molecule has 0 aliphatic rings. The van der Waals surface area contributed by atoms with E-state index in [0.717, 1.165) is 109 Å². The van der Waals surface area contributed by atoms with Crippen LogP contribution < -0.4 is 0 Å². The number of carbonyl (C=O) groups is 2. The zero-order valence-electron chi connectivity index (χ0n) is 60.0. The fraction of sp³-hybridized carbons (Fsp3) is 0.683. The van der Waals surface area contributed by atoms with Crippen LogP contribution in [0.3, 0.4) is 0 Å². The molecule has 0 spiro atoms. The van der Waals surface area contributed by atoms with Gasteiger partial charge in [-0.15, -0.1) is 0 Å². The van der Waals surface area contributed by atoms with Crippen molar-refractivity contribution in [2.75, 3.05) is 47.5 Å².